The van der Waals surface area contributed by atoms with Crippen LogP contribution in [0, 0.1) is 20.8 Å². The van der Waals surface area contributed by atoms with Gasteiger partial charge in [-0.05, 0) is 61.2 Å². The van der Waals surface area contributed by atoms with E-state index in [2.05, 4.69) is 18.3 Å². The third kappa shape index (κ3) is 5.64. The number of rotatable bonds is 7. The summed E-state index contributed by atoms with van der Waals surface area (Å²) >= 11 is 0. The van der Waals surface area contributed by atoms with Crippen LogP contribution in [0.25, 0.3) is 0 Å². The number of benzene rings is 2. The zero-order valence-electron chi connectivity index (χ0n) is 14.8. The van der Waals surface area contributed by atoms with Gasteiger partial charge in [0.15, 0.2) is 0 Å². The number of nitrogens with one attached hydrogen (secondary N) is 1. The largest absolute Gasteiger partial charge is 0.481 e. The molecule has 2 rings (SSSR count). The number of amides is 1. The van der Waals surface area contributed by atoms with Gasteiger partial charge in [0.2, 0.25) is 5.91 Å². The number of hydrogen-bond donors (Lipinski definition) is 2. The summed E-state index contributed by atoms with van der Waals surface area (Å²) in [6.07, 6.45) is -0.170. The second kappa shape index (κ2) is 8.33. The Morgan fingerprint density at radius 1 is 1.04 bits per heavy atom. The monoisotopic (exact) mass is 341 g/mol. The van der Waals surface area contributed by atoms with E-state index < -0.39 is 5.97 Å². The van der Waals surface area contributed by atoms with Crippen molar-refractivity contribution in [1.29, 1.82) is 0 Å². The molecular formula is C20H23NO4. The predicted molar refractivity (Wildman–Crippen MR) is 95.9 cm³/mol. The van der Waals surface area contributed by atoms with Crippen LogP contribution in [0.4, 0.5) is 0 Å². The van der Waals surface area contributed by atoms with Crippen molar-refractivity contribution in [1.82, 2.24) is 5.32 Å². The van der Waals surface area contributed by atoms with Crippen molar-refractivity contribution in [2.45, 2.75) is 40.2 Å². The van der Waals surface area contributed by atoms with Crippen molar-refractivity contribution in [3.8, 4) is 11.5 Å². The number of carboxylic acids is 1. The van der Waals surface area contributed by atoms with Crippen molar-refractivity contribution >= 4 is 11.9 Å². The minimum absolute atomic E-state index is 0.0114. The SMILES string of the molecule is Cc1cc(C)c(C)c(Oc2ccc(CNC(=O)CCC(=O)O)cc2)c1. The summed E-state index contributed by atoms with van der Waals surface area (Å²) in [6, 6.07) is 11.6. The molecule has 2 N–H and O–H groups in total. The molecule has 0 bridgehead atoms. The van der Waals surface area contributed by atoms with Gasteiger partial charge in [0.1, 0.15) is 11.5 Å². The van der Waals surface area contributed by atoms with Crippen LogP contribution in [0.3, 0.4) is 0 Å². The molecule has 132 valence electrons. The van der Waals surface area contributed by atoms with E-state index in [1.54, 1.807) is 0 Å². The lowest BCUT2D eigenvalue weighted by molar-refractivity contribution is -0.138. The van der Waals surface area contributed by atoms with Crippen LogP contribution in [0.5, 0.6) is 11.5 Å². The first-order valence-corrected chi connectivity index (χ1v) is 8.18. The summed E-state index contributed by atoms with van der Waals surface area (Å²) < 4.78 is 5.96. The van der Waals surface area contributed by atoms with Gasteiger partial charge in [0, 0.05) is 13.0 Å². The standard InChI is InChI=1S/C20H23NO4/c1-13-10-14(2)15(3)18(11-13)25-17-6-4-16(5-7-17)12-21-19(22)8-9-20(23)24/h4-7,10-11H,8-9,12H2,1-3H3,(H,21,22)(H,23,24). The Balaban J connectivity index is 1.94. The minimum atomic E-state index is -0.974. The zero-order chi connectivity index (χ0) is 18.4. The Morgan fingerprint density at radius 3 is 2.36 bits per heavy atom. The van der Waals surface area contributed by atoms with E-state index in [9.17, 15) is 9.59 Å². The average molecular weight is 341 g/mol. The van der Waals surface area contributed by atoms with Gasteiger partial charge >= 0.3 is 5.97 Å². The lowest BCUT2D eigenvalue weighted by Gasteiger charge is -2.12. The van der Waals surface area contributed by atoms with Gasteiger partial charge < -0.3 is 15.2 Å². The van der Waals surface area contributed by atoms with E-state index >= 15 is 0 Å². The lowest BCUT2D eigenvalue weighted by Crippen LogP contribution is -2.23. The lowest BCUT2D eigenvalue weighted by atomic mass is 10.1. The van der Waals surface area contributed by atoms with E-state index in [1.165, 1.54) is 5.56 Å². The number of hydrogen-bond acceptors (Lipinski definition) is 3. The number of aliphatic carboxylic acids is 1. The van der Waals surface area contributed by atoms with Crippen LogP contribution < -0.4 is 10.1 Å². The first-order valence-electron chi connectivity index (χ1n) is 8.18. The van der Waals surface area contributed by atoms with Gasteiger partial charge in [-0.25, -0.2) is 0 Å². The summed E-state index contributed by atoms with van der Waals surface area (Å²) in [4.78, 5) is 22.0. The van der Waals surface area contributed by atoms with E-state index in [0.717, 1.165) is 28.2 Å². The van der Waals surface area contributed by atoms with Gasteiger partial charge in [-0.1, -0.05) is 18.2 Å². The summed E-state index contributed by atoms with van der Waals surface area (Å²) in [7, 11) is 0. The maximum atomic E-state index is 11.5. The molecule has 0 unspecified atom stereocenters. The van der Waals surface area contributed by atoms with Crippen molar-refractivity contribution in [2.24, 2.45) is 0 Å². The highest BCUT2D eigenvalue weighted by molar-refractivity contribution is 5.80. The average Bonchev–Trinajstić information content (AvgIpc) is 2.56. The third-order valence-electron chi connectivity index (χ3n) is 3.97. The number of aryl methyl sites for hydroxylation is 2. The number of carbonyl (C=O) groups excluding carboxylic acids is 1. The van der Waals surface area contributed by atoms with Gasteiger partial charge in [-0.15, -0.1) is 0 Å². The van der Waals surface area contributed by atoms with Crippen molar-refractivity contribution in [3.05, 3.63) is 58.7 Å². The van der Waals surface area contributed by atoms with Gasteiger partial charge in [0.05, 0.1) is 6.42 Å². The third-order valence-corrected chi connectivity index (χ3v) is 3.97. The molecule has 0 atom stereocenters. The zero-order valence-corrected chi connectivity index (χ0v) is 14.8. The number of carboxylic acid groups (broad SMARTS) is 1. The molecule has 0 fully saturated rings. The quantitative estimate of drug-likeness (QED) is 0.801. The summed E-state index contributed by atoms with van der Waals surface area (Å²) in [5, 5.41) is 11.3. The molecule has 0 aliphatic heterocycles. The van der Waals surface area contributed by atoms with Crippen LogP contribution in [0.2, 0.25) is 0 Å². The molecule has 0 saturated carbocycles. The fourth-order valence-corrected chi connectivity index (χ4v) is 2.42. The predicted octanol–water partition coefficient (Wildman–Crippen LogP) is 3.89. The van der Waals surface area contributed by atoms with E-state index in [-0.39, 0.29) is 18.7 Å². The Kier molecular flexibility index (Phi) is 6.17. The Hall–Kier alpha value is -2.82. The fraction of sp³-hybridized carbons (Fsp3) is 0.300. The molecular weight excluding hydrogens is 318 g/mol. The van der Waals surface area contributed by atoms with Gasteiger partial charge in [-0.2, -0.15) is 0 Å². The molecule has 5 heteroatoms. The summed E-state index contributed by atoms with van der Waals surface area (Å²) in [6.45, 7) is 6.49. The smallest absolute Gasteiger partial charge is 0.303 e. The second-order valence-electron chi connectivity index (χ2n) is 6.12. The van der Waals surface area contributed by atoms with Crippen LogP contribution in [0.15, 0.2) is 36.4 Å². The topological polar surface area (TPSA) is 75.6 Å². The van der Waals surface area contributed by atoms with Crippen LogP contribution in [-0.4, -0.2) is 17.0 Å². The van der Waals surface area contributed by atoms with Crippen molar-refractivity contribution < 1.29 is 19.4 Å². The maximum Gasteiger partial charge on any atom is 0.303 e. The van der Waals surface area contributed by atoms with Crippen LogP contribution in [-0.2, 0) is 16.1 Å². The normalized spacial score (nSPS) is 10.4. The second-order valence-corrected chi connectivity index (χ2v) is 6.12. The molecule has 5 nitrogen and oxygen atoms in total. The highest BCUT2D eigenvalue weighted by Crippen LogP contribution is 2.28. The molecule has 0 aliphatic rings. The van der Waals surface area contributed by atoms with Gasteiger partial charge in [0.25, 0.3) is 0 Å². The van der Waals surface area contributed by atoms with Crippen LogP contribution >= 0.6 is 0 Å². The number of ether oxygens (including phenoxy) is 1. The summed E-state index contributed by atoms with van der Waals surface area (Å²) in [5.41, 5.74) is 4.38. The molecule has 0 spiro atoms. The number of carbonyl (C=O) groups is 2. The Labute approximate surface area is 147 Å². The molecule has 1 amide bonds. The minimum Gasteiger partial charge on any atom is -0.481 e. The molecule has 0 radical (unpaired) electrons. The van der Waals surface area contributed by atoms with Crippen LogP contribution in [0.1, 0.15) is 35.1 Å². The van der Waals surface area contributed by atoms with E-state index in [1.807, 2.05) is 44.2 Å². The highest BCUT2D eigenvalue weighted by atomic mass is 16.5. The van der Waals surface area contributed by atoms with Crippen molar-refractivity contribution in [2.75, 3.05) is 0 Å². The highest BCUT2D eigenvalue weighted by Gasteiger charge is 2.07. The van der Waals surface area contributed by atoms with Crippen molar-refractivity contribution in [3.63, 3.8) is 0 Å². The first-order chi connectivity index (χ1) is 11.8. The first kappa shape index (κ1) is 18.5. The molecule has 0 saturated heterocycles. The van der Waals surface area contributed by atoms with E-state index in [4.69, 9.17) is 9.84 Å². The Morgan fingerprint density at radius 2 is 1.72 bits per heavy atom. The molecule has 0 aromatic heterocycles. The maximum absolute atomic E-state index is 11.5. The molecule has 0 aliphatic carbocycles. The fourth-order valence-electron chi connectivity index (χ4n) is 2.42. The molecule has 2 aromatic carbocycles. The molecule has 2 aromatic rings. The molecule has 0 heterocycles. The Bertz CT molecular complexity index is 766. The van der Waals surface area contributed by atoms with Gasteiger partial charge in [-0.3, -0.25) is 9.59 Å². The molecule has 25 heavy (non-hydrogen) atoms. The summed E-state index contributed by atoms with van der Waals surface area (Å²) in [5.74, 6) is 0.327. The van der Waals surface area contributed by atoms with E-state index in [0.29, 0.717) is 6.54 Å².